The van der Waals surface area contributed by atoms with Crippen molar-refractivity contribution in [1.29, 1.82) is 0 Å². The fourth-order valence-electron chi connectivity index (χ4n) is 4.19. The van der Waals surface area contributed by atoms with Gasteiger partial charge in [-0.2, -0.15) is 0 Å². The highest BCUT2D eigenvalue weighted by Gasteiger charge is 2.25. The van der Waals surface area contributed by atoms with Gasteiger partial charge in [-0.1, -0.05) is 48.0 Å². The van der Waals surface area contributed by atoms with E-state index in [0.29, 0.717) is 30.2 Å². The number of halogens is 1. The maximum absolute atomic E-state index is 12.8. The first-order chi connectivity index (χ1) is 16.0. The van der Waals surface area contributed by atoms with E-state index in [1.807, 2.05) is 60.4 Å². The number of anilines is 1. The predicted molar refractivity (Wildman–Crippen MR) is 133 cm³/mol. The zero-order valence-electron chi connectivity index (χ0n) is 18.7. The van der Waals surface area contributed by atoms with Crippen LogP contribution in [0.15, 0.2) is 72.8 Å². The van der Waals surface area contributed by atoms with Crippen molar-refractivity contribution in [2.75, 3.05) is 18.4 Å². The lowest BCUT2D eigenvalue weighted by Crippen LogP contribution is -2.41. The Hall–Kier alpha value is -3.31. The molecule has 5 nitrogen and oxygen atoms in total. The Bertz CT molecular complexity index is 1130. The third-order valence-electron chi connectivity index (χ3n) is 6.12. The van der Waals surface area contributed by atoms with Crippen molar-refractivity contribution in [2.45, 2.75) is 32.2 Å². The lowest BCUT2D eigenvalue weighted by atomic mass is 9.89. The topological polar surface area (TPSA) is 61.4 Å². The standard InChI is InChI=1S/C27H28ClN3O2/c1-19-6-2-3-7-22(19)17-29-26(32)21-9-4-8-20(16-21)23-10-5-15-31(18-23)27(33)30-25-13-11-24(28)12-14-25/h2-4,6-9,11-14,16,23H,5,10,15,17-18H2,1H3,(H,29,32)(H,30,33). The number of likely N-dealkylation sites (tertiary alicyclic amines) is 1. The maximum Gasteiger partial charge on any atom is 0.321 e. The first-order valence-electron chi connectivity index (χ1n) is 11.2. The van der Waals surface area contributed by atoms with E-state index >= 15 is 0 Å². The Morgan fingerprint density at radius 3 is 2.61 bits per heavy atom. The highest BCUT2D eigenvalue weighted by molar-refractivity contribution is 6.30. The smallest absolute Gasteiger partial charge is 0.321 e. The molecule has 1 heterocycles. The SMILES string of the molecule is Cc1ccccc1CNC(=O)c1cccc(C2CCCN(C(=O)Nc3ccc(Cl)cc3)C2)c1. The van der Waals surface area contributed by atoms with Gasteiger partial charge in [0.05, 0.1) is 0 Å². The van der Waals surface area contributed by atoms with Crippen molar-refractivity contribution in [3.8, 4) is 0 Å². The average molecular weight is 462 g/mol. The van der Waals surface area contributed by atoms with Crippen LogP contribution in [0.1, 0.15) is 45.8 Å². The number of urea groups is 1. The molecule has 3 amide bonds. The Kier molecular flexibility index (Phi) is 7.30. The molecule has 2 N–H and O–H groups in total. The molecule has 1 aliphatic rings. The number of aryl methyl sites for hydroxylation is 1. The molecule has 0 saturated carbocycles. The molecule has 1 atom stereocenters. The van der Waals surface area contributed by atoms with Crippen LogP contribution in [-0.4, -0.2) is 29.9 Å². The molecule has 1 saturated heterocycles. The number of rotatable bonds is 5. The number of nitrogens with one attached hydrogen (secondary N) is 2. The summed E-state index contributed by atoms with van der Waals surface area (Å²) in [7, 11) is 0. The van der Waals surface area contributed by atoms with Crippen LogP contribution in [0.4, 0.5) is 10.5 Å². The number of piperidine rings is 1. The summed E-state index contributed by atoms with van der Waals surface area (Å²) in [6.45, 7) is 3.87. The number of nitrogens with zero attached hydrogens (tertiary/aromatic N) is 1. The minimum Gasteiger partial charge on any atom is -0.348 e. The van der Waals surface area contributed by atoms with E-state index in [4.69, 9.17) is 11.6 Å². The van der Waals surface area contributed by atoms with Crippen LogP contribution in [0.25, 0.3) is 0 Å². The molecule has 6 heteroatoms. The summed E-state index contributed by atoms with van der Waals surface area (Å²) in [4.78, 5) is 27.4. The van der Waals surface area contributed by atoms with Gasteiger partial charge < -0.3 is 15.5 Å². The van der Waals surface area contributed by atoms with Crippen molar-refractivity contribution < 1.29 is 9.59 Å². The second-order valence-corrected chi connectivity index (χ2v) is 8.89. The van der Waals surface area contributed by atoms with E-state index in [0.717, 1.165) is 35.2 Å². The Morgan fingerprint density at radius 1 is 1.03 bits per heavy atom. The molecule has 33 heavy (non-hydrogen) atoms. The molecule has 1 unspecified atom stereocenters. The van der Waals surface area contributed by atoms with Gasteiger partial charge in [-0.25, -0.2) is 4.79 Å². The molecule has 3 aromatic rings. The molecule has 1 aliphatic heterocycles. The van der Waals surface area contributed by atoms with Crippen molar-refractivity contribution in [3.05, 3.63) is 100 Å². The zero-order valence-corrected chi connectivity index (χ0v) is 19.4. The van der Waals surface area contributed by atoms with Gasteiger partial charge in [0.2, 0.25) is 0 Å². The summed E-state index contributed by atoms with van der Waals surface area (Å²) < 4.78 is 0. The van der Waals surface area contributed by atoms with Gasteiger partial charge in [-0.05, 0) is 72.9 Å². The van der Waals surface area contributed by atoms with E-state index in [1.54, 1.807) is 24.3 Å². The largest absolute Gasteiger partial charge is 0.348 e. The van der Waals surface area contributed by atoms with Gasteiger partial charge in [0, 0.05) is 41.8 Å². The van der Waals surface area contributed by atoms with Gasteiger partial charge in [0.25, 0.3) is 5.91 Å². The number of benzene rings is 3. The predicted octanol–water partition coefficient (Wildman–Crippen LogP) is 5.99. The molecular weight excluding hydrogens is 434 g/mol. The normalized spacial score (nSPS) is 15.7. The minimum absolute atomic E-state index is 0.0896. The molecule has 170 valence electrons. The van der Waals surface area contributed by atoms with E-state index in [1.165, 1.54) is 0 Å². The fraction of sp³-hybridized carbons (Fsp3) is 0.259. The van der Waals surface area contributed by atoms with E-state index in [2.05, 4.69) is 10.6 Å². The van der Waals surface area contributed by atoms with Crippen LogP contribution in [-0.2, 0) is 6.54 Å². The number of hydrogen-bond donors (Lipinski definition) is 2. The highest BCUT2D eigenvalue weighted by atomic mass is 35.5. The van der Waals surface area contributed by atoms with Crippen LogP contribution in [0, 0.1) is 6.92 Å². The Labute approximate surface area is 199 Å². The molecule has 0 aromatic heterocycles. The van der Waals surface area contributed by atoms with Gasteiger partial charge >= 0.3 is 6.03 Å². The molecule has 4 rings (SSSR count). The summed E-state index contributed by atoms with van der Waals surface area (Å²) in [5, 5.41) is 6.60. The molecule has 1 fully saturated rings. The molecular formula is C27H28ClN3O2. The molecule has 3 aromatic carbocycles. The van der Waals surface area contributed by atoms with Gasteiger partial charge in [-0.15, -0.1) is 0 Å². The van der Waals surface area contributed by atoms with Crippen LogP contribution in [0.3, 0.4) is 0 Å². The van der Waals surface area contributed by atoms with Crippen LogP contribution >= 0.6 is 11.6 Å². The third kappa shape index (κ3) is 5.93. The first kappa shape index (κ1) is 22.9. The van der Waals surface area contributed by atoms with Gasteiger partial charge in [0.1, 0.15) is 0 Å². The van der Waals surface area contributed by atoms with Crippen molar-refractivity contribution in [2.24, 2.45) is 0 Å². The van der Waals surface area contributed by atoms with Crippen molar-refractivity contribution >= 4 is 29.2 Å². The summed E-state index contributed by atoms with van der Waals surface area (Å²) in [5.74, 6) is 0.104. The molecule has 0 radical (unpaired) electrons. The first-order valence-corrected chi connectivity index (χ1v) is 11.6. The summed E-state index contributed by atoms with van der Waals surface area (Å²) in [5.41, 5.74) is 4.72. The fourth-order valence-corrected chi connectivity index (χ4v) is 4.32. The number of carbonyl (C=O) groups is 2. The summed E-state index contributed by atoms with van der Waals surface area (Å²) in [6, 6.07) is 22.8. The third-order valence-corrected chi connectivity index (χ3v) is 6.38. The molecule has 0 bridgehead atoms. The zero-order chi connectivity index (χ0) is 23.2. The number of carbonyl (C=O) groups excluding carboxylic acids is 2. The Morgan fingerprint density at radius 2 is 1.82 bits per heavy atom. The second-order valence-electron chi connectivity index (χ2n) is 8.46. The van der Waals surface area contributed by atoms with E-state index in [-0.39, 0.29) is 17.9 Å². The lowest BCUT2D eigenvalue weighted by Gasteiger charge is -2.33. The van der Waals surface area contributed by atoms with Crippen LogP contribution < -0.4 is 10.6 Å². The Balaban J connectivity index is 1.38. The lowest BCUT2D eigenvalue weighted by molar-refractivity contribution is 0.0950. The summed E-state index contributed by atoms with van der Waals surface area (Å²) in [6.07, 6.45) is 1.90. The minimum atomic E-state index is -0.117. The van der Waals surface area contributed by atoms with Crippen LogP contribution in [0.2, 0.25) is 5.02 Å². The second kappa shape index (κ2) is 10.5. The monoisotopic (exact) mass is 461 g/mol. The molecule has 0 aliphatic carbocycles. The van der Waals surface area contributed by atoms with E-state index in [9.17, 15) is 9.59 Å². The number of amides is 3. The quantitative estimate of drug-likeness (QED) is 0.490. The van der Waals surface area contributed by atoms with Gasteiger partial charge in [0.15, 0.2) is 0 Å². The maximum atomic E-state index is 12.8. The summed E-state index contributed by atoms with van der Waals surface area (Å²) >= 11 is 5.93. The average Bonchev–Trinajstić information content (AvgIpc) is 2.85. The van der Waals surface area contributed by atoms with Crippen molar-refractivity contribution in [3.63, 3.8) is 0 Å². The highest BCUT2D eigenvalue weighted by Crippen LogP contribution is 2.28. The van der Waals surface area contributed by atoms with Crippen LogP contribution in [0.5, 0.6) is 0 Å². The molecule has 0 spiro atoms. The van der Waals surface area contributed by atoms with Crippen molar-refractivity contribution in [1.82, 2.24) is 10.2 Å². The van der Waals surface area contributed by atoms with Gasteiger partial charge in [-0.3, -0.25) is 4.79 Å². The number of hydrogen-bond acceptors (Lipinski definition) is 2. The van der Waals surface area contributed by atoms with E-state index < -0.39 is 0 Å².